The molecule has 0 atom stereocenters. The lowest BCUT2D eigenvalue weighted by molar-refractivity contribution is 0.0698. The van der Waals surface area contributed by atoms with Crippen molar-refractivity contribution in [3.63, 3.8) is 0 Å². The highest BCUT2D eigenvalue weighted by Crippen LogP contribution is 2.32. The highest BCUT2D eigenvalue weighted by molar-refractivity contribution is 6.01. The fourth-order valence-electron chi connectivity index (χ4n) is 4.53. The summed E-state index contributed by atoms with van der Waals surface area (Å²) in [4.78, 5) is 17.0. The number of unbranched alkanes of at least 4 members (excludes halogenated alkanes) is 1. The normalized spacial score (nSPS) is 11.3. The van der Waals surface area contributed by atoms with Crippen LogP contribution < -0.4 is 0 Å². The third kappa shape index (κ3) is 4.42. The molecule has 0 aliphatic carbocycles. The fraction of sp³-hybridized carbons (Fsp3) is 0.222. The molecule has 0 fully saturated rings. The number of nitrogens with one attached hydrogen (secondary N) is 1. The van der Waals surface area contributed by atoms with Gasteiger partial charge in [-0.25, -0.2) is 14.9 Å². The second-order valence-electron chi connectivity index (χ2n) is 8.70. The molecule has 35 heavy (non-hydrogen) atoms. The van der Waals surface area contributed by atoms with Gasteiger partial charge in [0, 0.05) is 18.5 Å². The van der Waals surface area contributed by atoms with E-state index in [1.165, 1.54) is 0 Å². The molecule has 8 nitrogen and oxygen atoms in total. The number of tetrazole rings is 1. The van der Waals surface area contributed by atoms with Crippen molar-refractivity contribution in [1.29, 1.82) is 0 Å². The molecule has 0 amide bonds. The van der Waals surface area contributed by atoms with Crippen LogP contribution in [-0.2, 0) is 13.0 Å². The van der Waals surface area contributed by atoms with Crippen LogP contribution in [0.25, 0.3) is 33.5 Å². The van der Waals surface area contributed by atoms with E-state index in [-0.39, 0.29) is 5.56 Å². The Labute approximate surface area is 202 Å². The zero-order valence-corrected chi connectivity index (χ0v) is 19.7. The minimum Gasteiger partial charge on any atom is -0.478 e. The summed E-state index contributed by atoms with van der Waals surface area (Å²) in [7, 11) is 0. The number of carboxylic acid groups (broad SMARTS) is 1. The summed E-state index contributed by atoms with van der Waals surface area (Å²) in [5.74, 6) is 0.522. The maximum Gasteiger partial charge on any atom is 0.337 e. The second kappa shape index (κ2) is 9.50. The van der Waals surface area contributed by atoms with Crippen LogP contribution in [0.1, 0.15) is 47.1 Å². The average molecular weight is 467 g/mol. The molecule has 0 aliphatic heterocycles. The molecule has 176 valence electrons. The van der Waals surface area contributed by atoms with Crippen LogP contribution >= 0.6 is 0 Å². The number of H-pyrrole nitrogens is 1. The van der Waals surface area contributed by atoms with Gasteiger partial charge in [-0.1, -0.05) is 55.8 Å². The SMILES string of the molecule is CCCCc1nc2cc(C)cc(C(=O)O)c2n1Cc1ccc(-c2ccccc2)c(-c2nnn[nH]2)c1. The Kier molecular flexibility index (Phi) is 6.10. The first-order valence-corrected chi connectivity index (χ1v) is 11.7. The van der Waals surface area contributed by atoms with Gasteiger partial charge in [0.25, 0.3) is 0 Å². The lowest BCUT2D eigenvalue weighted by Crippen LogP contribution is -2.09. The molecule has 2 heterocycles. The van der Waals surface area contributed by atoms with Crippen LogP contribution in [0, 0.1) is 6.92 Å². The van der Waals surface area contributed by atoms with Gasteiger partial charge in [0.2, 0.25) is 0 Å². The molecule has 0 bridgehead atoms. The average Bonchev–Trinajstić information content (AvgIpc) is 3.51. The Morgan fingerprint density at radius 1 is 1.06 bits per heavy atom. The van der Waals surface area contributed by atoms with Gasteiger partial charge in [-0.3, -0.25) is 0 Å². The molecule has 0 saturated carbocycles. The number of aromatic amines is 1. The number of carboxylic acids is 1. The third-order valence-corrected chi connectivity index (χ3v) is 6.16. The van der Waals surface area contributed by atoms with Gasteiger partial charge in [0.15, 0.2) is 5.82 Å². The number of imidazole rings is 1. The summed E-state index contributed by atoms with van der Waals surface area (Å²) in [6, 6.07) is 20.0. The molecule has 0 saturated heterocycles. The smallest absolute Gasteiger partial charge is 0.337 e. The first-order chi connectivity index (χ1) is 17.0. The van der Waals surface area contributed by atoms with Crippen molar-refractivity contribution in [3.8, 4) is 22.5 Å². The number of rotatable bonds is 8. The summed E-state index contributed by atoms with van der Waals surface area (Å²) < 4.78 is 2.05. The number of carbonyl (C=O) groups is 1. The van der Waals surface area contributed by atoms with E-state index in [1.807, 2.05) is 35.8 Å². The van der Waals surface area contributed by atoms with Crippen molar-refractivity contribution >= 4 is 17.0 Å². The molecule has 8 heteroatoms. The Hall–Kier alpha value is -4.33. The Bertz CT molecular complexity index is 1490. The third-order valence-electron chi connectivity index (χ3n) is 6.16. The van der Waals surface area contributed by atoms with Crippen molar-refractivity contribution < 1.29 is 9.90 Å². The van der Waals surface area contributed by atoms with Crippen LogP contribution in [0.4, 0.5) is 0 Å². The van der Waals surface area contributed by atoms with Gasteiger partial charge < -0.3 is 9.67 Å². The largest absolute Gasteiger partial charge is 0.478 e. The predicted molar refractivity (Wildman–Crippen MR) is 134 cm³/mol. The minimum atomic E-state index is -0.949. The van der Waals surface area contributed by atoms with Crippen LogP contribution in [0.15, 0.2) is 60.7 Å². The monoisotopic (exact) mass is 466 g/mol. The van der Waals surface area contributed by atoms with E-state index in [1.54, 1.807) is 6.07 Å². The van der Waals surface area contributed by atoms with Crippen molar-refractivity contribution in [2.24, 2.45) is 0 Å². The highest BCUT2D eigenvalue weighted by atomic mass is 16.4. The lowest BCUT2D eigenvalue weighted by Gasteiger charge is -2.14. The number of nitrogens with zero attached hydrogens (tertiary/aromatic N) is 5. The van der Waals surface area contributed by atoms with Crippen molar-refractivity contribution in [1.82, 2.24) is 30.2 Å². The first-order valence-electron chi connectivity index (χ1n) is 11.7. The first kappa shape index (κ1) is 22.5. The number of benzene rings is 3. The molecule has 5 rings (SSSR count). The van der Waals surface area contributed by atoms with Gasteiger partial charge in [-0.05, 0) is 64.2 Å². The summed E-state index contributed by atoms with van der Waals surface area (Å²) >= 11 is 0. The summed E-state index contributed by atoms with van der Waals surface area (Å²) in [6.07, 6.45) is 2.79. The van der Waals surface area contributed by atoms with Crippen LogP contribution in [0.3, 0.4) is 0 Å². The van der Waals surface area contributed by atoms with E-state index in [0.717, 1.165) is 52.9 Å². The van der Waals surface area contributed by atoms with E-state index >= 15 is 0 Å². The van der Waals surface area contributed by atoms with E-state index in [2.05, 4.69) is 57.9 Å². The maximum absolute atomic E-state index is 12.1. The van der Waals surface area contributed by atoms with Gasteiger partial charge in [0.1, 0.15) is 5.82 Å². The summed E-state index contributed by atoms with van der Waals surface area (Å²) in [5.41, 5.74) is 6.49. The number of hydrogen-bond donors (Lipinski definition) is 2. The zero-order valence-electron chi connectivity index (χ0n) is 19.7. The predicted octanol–water partition coefficient (Wildman–Crippen LogP) is 5.28. The minimum absolute atomic E-state index is 0.274. The molecule has 2 aromatic heterocycles. The second-order valence-corrected chi connectivity index (χ2v) is 8.70. The number of hydrogen-bond acceptors (Lipinski definition) is 5. The van der Waals surface area contributed by atoms with E-state index in [0.29, 0.717) is 23.4 Å². The number of aromatic nitrogens is 6. The van der Waals surface area contributed by atoms with Gasteiger partial charge in [-0.15, -0.1) is 5.10 Å². The fourth-order valence-corrected chi connectivity index (χ4v) is 4.53. The molecule has 2 N–H and O–H groups in total. The maximum atomic E-state index is 12.1. The Morgan fingerprint density at radius 3 is 2.60 bits per heavy atom. The molecule has 0 spiro atoms. The molecule has 3 aromatic carbocycles. The lowest BCUT2D eigenvalue weighted by atomic mass is 9.97. The van der Waals surface area contributed by atoms with Crippen molar-refractivity contribution in [3.05, 3.63) is 83.2 Å². The quantitative estimate of drug-likeness (QED) is 0.322. The van der Waals surface area contributed by atoms with Crippen molar-refractivity contribution in [2.75, 3.05) is 0 Å². The summed E-state index contributed by atoms with van der Waals surface area (Å²) in [5, 5.41) is 24.5. The highest BCUT2D eigenvalue weighted by Gasteiger charge is 2.20. The van der Waals surface area contributed by atoms with Gasteiger partial charge in [0.05, 0.1) is 16.6 Å². The van der Waals surface area contributed by atoms with E-state index in [9.17, 15) is 9.90 Å². The molecule has 5 aromatic rings. The van der Waals surface area contributed by atoms with Gasteiger partial charge in [-0.2, -0.15) is 0 Å². The van der Waals surface area contributed by atoms with Crippen LogP contribution in [-0.4, -0.2) is 41.3 Å². The molecule has 0 unspecified atom stereocenters. The number of aromatic carboxylic acids is 1. The Morgan fingerprint density at radius 2 is 1.89 bits per heavy atom. The standard InChI is InChI=1S/C27H26N6O2/c1-3-4-10-24-28-23-14-17(2)13-22(27(34)35)25(23)33(24)16-18-11-12-20(19-8-6-5-7-9-19)21(15-18)26-29-31-32-30-26/h5-9,11-15H,3-4,10,16H2,1-2H3,(H,34,35)(H,29,30,31,32). The number of aryl methyl sites for hydroxylation is 2. The number of fused-ring (bicyclic) bond motifs is 1. The Balaban J connectivity index is 1.65. The topological polar surface area (TPSA) is 110 Å². The van der Waals surface area contributed by atoms with Crippen molar-refractivity contribution in [2.45, 2.75) is 39.7 Å². The van der Waals surface area contributed by atoms with Gasteiger partial charge >= 0.3 is 5.97 Å². The van der Waals surface area contributed by atoms with Crippen LogP contribution in [0.5, 0.6) is 0 Å². The van der Waals surface area contributed by atoms with E-state index < -0.39 is 5.97 Å². The zero-order chi connectivity index (χ0) is 24.4. The molecule has 0 aliphatic rings. The van der Waals surface area contributed by atoms with E-state index in [4.69, 9.17) is 4.98 Å². The molecule has 0 radical (unpaired) electrons. The molecular formula is C27H26N6O2. The van der Waals surface area contributed by atoms with Crippen LogP contribution in [0.2, 0.25) is 0 Å². The summed E-state index contributed by atoms with van der Waals surface area (Å²) in [6.45, 7) is 4.53. The molecular weight excluding hydrogens is 440 g/mol.